The van der Waals surface area contributed by atoms with Crippen molar-refractivity contribution in [3.8, 4) is 28.3 Å². The number of ether oxygens (including phenoxy) is 1. The van der Waals surface area contributed by atoms with Crippen LogP contribution in [0.2, 0.25) is 36.3 Å². The molecule has 12 nitrogen and oxygen atoms in total. The molecule has 0 amide bonds. The van der Waals surface area contributed by atoms with E-state index >= 15 is 0 Å². The Labute approximate surface area is 486 Å². The van der Waals surface area contributed by atoms with E-state index in [0.29, 0.717) is 13.2 Å². The molecule has 0 N–H and O–H groups in total. The van der Waals surface area contributed by atoms with Gasteiger partial charge in [0.25, 0.3) is 0 Å². The second kappa shape index (κ2) is 28.3. The first-order valence-corrected chi connectivity index (χ1v) is 35.9. The van der Waals surface area contributed by atoms with Crippen LogP contribution in [0.3, 0.4) is 0 Å². The average Bonchev–Trinajstić information content (AvgIpc) is 4.14. The van der Waals surface area contributed by atoms with Crippen molar-refractivity contribution in [3.63, 3.8) is 0 Å². The van der Waals surface area contributed by atoms with E-state index < -0.39 is 24.2 Å². The monoisotopic (exact) mass is 1150 g/mol. The topological polar surface area (TPSA) is 104 Å². The van der Waals surface area contributed by atoms with Crippen LogP contribution in [0, 0.1) is 13.8 Å². The Morgan fingerprint density at radius 1 is 0.543 bits per heavy atom. The van der Waals surface area contributed by atoms with E-state index in [4.69, 9.17) is 27.6 Å². The third kappa shape index (κ3) is 18.5. The van der Waals surface area contributed by atoms with Gasteiger partial charge in [-0.3, -0.25) is 4.57 Å². The van der Waals surface area contributed by atoms with Crippen LogP contribution < -0.4 is 14.5 Å². The molecule has 0 radical (unpaired) electrons. The van der Waals surface area contributed by atoms with Gasteiger partial charge in [-0.15, -0.1) is 0 Å². The third-order valence-corrected chi connectivity index (χ3v) is 26.5. The highest BCUT2D eigenvalue weighted by atomic mass is 31.2. The molecule has 0 spiro atoms. The molecule has 0 aliphatic heterocycles. The SMILES string of the molecule is CCOP(=O)(Cc1ccc(-c2cn3cc(C)ccc3n2)cc1)OCC.COc1ccc(N(C)CCO[Si](C)(C)C(C)(C)C)cc1.Cc1ccc2nc(-c3ccc(/C=C/c4ccc(N(C)CCO[Si](C)(C)C(C)(C)C)cc4)cc3)cn2c1. The summed E-state index contributed by atoms with van der Waals surface area (Å²) in [6, 6.07) is 41.5. The minimum atomic E-state index is -3.08. The highest BCUT2D eigenvalue weighted by molar-refractivity contribution is 7.53. The first-order valence-electron chi connectivity index (χ1n) is 28.3. The second-order valence-electron chi connectivity index (χ2n) is 23.8. The molecule has 0 aliphatic rings. The fourth-order valence-electron chi connectivity index (χ4n) is 8.21. The maximum atomic E-state index is 12.6. The van der Waals surface area contributed by atoms with Gasteiger partial charge in [0.1, 0.15) is 17.0 Å². The van der Waals surface area contributed by atoms with E-state index in [2.05, 4.69) is 218 Å². The zero-order valence-corrected chi connectivity index (χ0v) is 54.4. The first-order chi connectivity index (χ1) is 38.2. The smallest absolute Gasteiger partial charge is 0.335 e. The standard InChI is InChI=1S/C31H39N3OSi.C19H23N2O3P.C16H29NO2Si/c1-24-8-19-30-32-29(23-34(30)22-24)27-15-11-25(12-16-27)9-10-26-13-17-28(18-14-26)33(5)20-21-35-36(6,7)31(2,3)4;1-4-23-25(22,24-5-2)14-16-7-9-17(10-8-16)18-13-21-12-15(3)6-11-19(21)20-18;1-16(2,3)20(6,7)19-13-12-17(4)14-8-10-15(18-5)11-9-14/h8-19,22-23H,20-21H2,1-7H3;6-13H,4-5,14H2,1-3H3;8-11H,12-13H2,1-7H3/b10-9+;;. The number of pyridine rings is 2. The number of benzene rings is 4. The van der Waals surface area contributed by atoms with Crippen molar-refractivity contribution in [1.82, 2.24) is 18.8 Å². The van der Waals surface area contributed by atoms with Gasteiger partial charge in [0.15, 0.2) is 16.6 Å². The number of rotatable bonds is 21. The number of hydrogen-bond acceptors (Lipinski definition) is 10. The Balaban J connectivity index is 0.000000206. The quantitative estimate of drug-likeness (QED) is 0.0392. The minimum Gasteiger partial charge on any atom is -0.497 e. The molecule has 81 heavy (non-hydrogen) atoms. The van der Waals surface area contributed by atoms with Crippen LogP contribution in [0.1, 0.15) is 83.2 Å². The van der Waals surface area contributed by atoms with E-state index in [1.807, 2.05) is 73.0 Å². The van der Waals surface area contributed by atoms with Crippen LogP contribution in [0.15, 0.2) is 146 Å². The maximum Gasteiger partial charge on any atom is 0.335 e. The zero-order chi connectivity index (χ0) is 59.2. The molecular formula is C66H91N6O6PSi2. The van der Waals surface area contributed by atoms with Crippen molar-refractivity contribution >= 4 is 59.1 Å². The van der Waals surface area contributed by atoms with Crippen molar-refractivity contribution in [2.45, 2.75) is 112 Å². The normalized spacial score (nSPS) is 12.3. The highest BCUT2D eigenvalue weighted by Crippen LogP contribution is 2.51. The van der Waals surface area contributed by atoms with Crippen LogP contribution in [0.4, 0.5) is 11.4 Å². The number of nitrogens with zero attached hydrogens (tertiary/aromatic N) is 6. The molecule has 4 aromatic heterocycles. The summed E-state index contributed by atoms with van der Waals surface area (Å²) in [4.78, 5) is 13.9. The summed E-state index contributed by atoms with van der Waals surface area (Å²) in [6.45, 7) is 34.7. The van der Waals surface area contributed by atoms with Gasteiger partial charge in [-0.1, -0.05) is 126 Å². The van der Waals surface area contributed by atoms with Crippen molar-refractivity contribution < 1.29 is 27.2 Å². The lowest BCUT2D eigenvalue weighted by Gasteiger charge is -2.36. The number of anilines is 2. The summed E-state index contributed by atoms with van der Waals surface area (Å²) < 4.78 is 45.2. The largest absolute Gasteiger partial charge is 0.497 e. The predicted molar refractivity (Wildman–Crippen MR) is 346 cm³/mol. The van der Waals surface area contributed by atoms with E-state index in [0.717, 1.165) is 71.4 Å². The van der Waals surface area contributed by atoms with Crippen molar-refractivity contribution in [2.24, 2.45) is 0 Å². The van der Waals surface area contributed by atoms with Gasteiger partial charge in [0.05, 0.1) is 51.1 Å². The van der Waals surface area contributed by atoms with Gasteiger partial charge in [-0.25, -0.2) is 9.97 Å². The van der Waals surface area contributed by atoms with Crippen LogP contribution in [0.5, 0.6) is 5.75 Å². The summed E-state index contributed by atoms with van der Waals surface area (Å²) in [5, 5.41) is 0.513. The summed E-state index contributed by atoms with van der Waals surface area (Å²) in [7, 11) is -0.498. The van der Waals surface area contributed by atoms with Gasteiger partial charge in [0.2, 0.25) is 0 Å². The molecule has 0 bridgehead atoms. The summed E-state index contributed by atoms with van der Waals surface area (Å²) >= 11 is 0. The van der Waals surface area contributed by atoms with Crippen molar-refractivity contribution in [1.29, 1.82) is 0 Å². The number of imidazole rings is 2. The highest BCUT2D eigenvalue weighted by Gasteiger charge is 2.38. The second-order valence-corrected chi connectivity index (χ2v) is 35.5. The van der Waals surface area contributed by atoms with Gasteiger partial charge in [0, 0.05) is 74.5 Å². The lowest BCUT2D eigenvalue weighted by atomic mass is 10.1. The Hall–Kier alpha value is -6.10. The molecule has 8 rings (SSSR count). The molecule has 0 aliphatic carbocycles. The molecule has 0 saturated carbocycles. The average molecular weight is 1150 g/mol. The summed E-state index contributed by atoms with van der Waals surface area (Å²) in [5.74, 6) is 0.889. The van der Waals surface area contributed by atoms with E-state index in [9.17, 15) is 4.57 Å². The number of hydrogen-bond donors (Lipinski definition) is 0. The Bertz CT molecular complexity index is 3300. The molecule has 4 aromatic carbocycles. The first kappa shape index (κ1) is 64.1. The molecule has 0 saturated heterocycles. The fraction of sp³-hybridized carbons (Fsp3) is 0.394. The molecule has 8 aromatic rings. The zero-order valence-electron chi connectivity index (χ0n) is 51.5. The van der Waals surface area contributed by atoms with Crippen LogP contribution >= 0.6 is 7.60 Å². The van der Waals surface area contributed by atoms with Crippen LogP contribution in [-0.4, -0.2) is 96.1 Å². The van der Waals surface area contributed by atoms with Gasteiger partial charge >= 0.3 is 7.60 Å². The number of methoxy groups -OCH3 is 1. The lowest BCUT2D eigenvalue weighted by molar-refractivity contribution is 0.219. The minimum absolute atomic E-state index is 0.243. The van der Waals surface area contributed by atoms with Gasteiger partial charge in [-0.2, -0.15) is 0 Å². The number of likely N-dealkylation sites (N-methyl/N-ethyl adjacent to an activating group) is 2. The van der Waals surface area contributed by atoms with E-state index in [-0.39, 0.29) is 16.2 Å². The Morgan fingerprint density at radius 3 is 1.31 bits per heavy atom. The van der Waals surface area contributed by atoms with E-state index in [1.54, 1.807) is 7.11 Å². The summed E-state index contributed by atoms with van der Waals surface area (Å²) in [5.41, 5.74) is 14.0. The molecule has 15 heteroatoms. The molecule has 0 fully saturated rings. The Morgan fingerprint density at radius 2 is 0.926 bits per heavy atom. The predicted octanol–water partition coefficient (Wildman–Crippen LogP) is 17.2. The van der Waals surface area contributed by atoms with E-state index in [1.165, 1.54) is 33.6 Å². The number of aromatic nitrogens is 4. The summed E-state index contributed by atoms with van der Waals surface area (Å²) in [6.07, 6.45) is 12.9. The fourth-order valence-corrected chi connectivity index (χ4v) is 12.0. The molecule has 4 heterocycles. The molecule has 0 atom stereocenters. The van der Waals surface area contributed by atoms with Crippen molar-refractivity contribution in [3.05, 3.63) is 174 Å². The maximum absolute atomic E-state index is 12.6. The van der Waals surface area contributed by atoms with Gasteiger partial charge < -0.3 is 41.2 Å². The van der Waals surface area contributed by atoms with Crippen LogP contribution in [0.25, 0.3) is 46.0 Å². The van der Waals surface area contributed by atoms with Crippen molar-refractivity contribution in [2.75, 3.05) is 70.5 Å². The molecular weight excluding hydrogens is 1060 g/mol. The van der Waals surface area contributed by atoms with Gasteiger partial charge in [-0.05, 0) is 140 Å². The Kier molecular flexibility index (Phi) is 22.4. The molecule has 0 unspecified atom stereocenters. The molecule has 434 valence electrons. The number of fused-ring (bicyclic) bond motifs is 2. The lowest BCUT2D eigenvalue weighted by Crippen LogP contribution is -2.42. The number of aryl methyl sites for hydroxylation is 2. The third-order valence-electron chi connectivity index (χ3n) is 15.4. The van der Waals surface area contributed by atoms with Crippen LogP contribution in [-0.2, 0) is 28.6 Å².